The molecule has 6 nitrogen and oxygen atoms in total. The predicted molar refractivity (Wildman–Crippen MR) is 108 cm³/mol. The predicted octanol–water partition coefficient (Wildman–Crippen LogP) is 3.84. The molecular formula is C20H18Cl2N2O4. The molecule has 146 valence electrons. The number of benzene rings is 2. The van der Waals surface area contributed by atoms with E-state index >= 15 is 0 Å². The number of rotatable bonds is 5. The van der Waals surface area contributed by atoms with Crippen molar-refractivity contribution < 1.29 is 19.1 Å². The summed E-state index contributed by atoms with van der Waals surface area (Å²) in [5.74, 6) is -1.94. The Balaban J connectivity index is 1.55. The van der Waals surface area contributed by atoms with E-state index in [0.29, 0.717) is 21.4 Å². The van der Waals surface area contributed by atoms with Crippen molar-refractivity contribution in [3.8, 4) is 0 Å². The summed E-state index contributed by atoms with van der Waals surface area (Å²) in [5.41, 5.74) is 1.83. The maximum Gasteiger partial charge on any atom is 0.311 e. The van der Waals surface area contributed by atoms with Crippen LogP contribution in [0.25, 0.3) is 0 Å². The normalized spacial score (nSPS) is 16.2. The Hall–Kier alpha value is -2.57. The minimum Gasteiger partial charge on any atom is -0.455 e. The minimum absolute atomic E-state index is 0.0130. The van der Waals surface area contributed by atoms with Crippen LogP contribution in [-0.4, -0.2) is 30.9 Å². The summed E-state index contributed by atoms with van der Waals surface area (Å²) in [6.07, 6.45) is 0.0130. The second-order valence-electron chi connectivity index (χ2n) is 6.43. The molecule has 3 rings (SSSR count). The van der Waals surface area contributed by atoms with Crippen LogP contribution in [0.5, 0.6) is 0 Å². The summed E-state index contributed by atoms with van der Waals surface area (Å²) in [7, 11) is 0. The summed E-state index contributed by atoms with van der Waals surface area (Å²) in [6, 6.07) is 12.1. The fraction of sp³-hybridized carbons (Fsp3) is 0.250. The Morgan fingerprint density at radius 1 is 1.14 bits per heavy atom. The molecule has 2 amide bonds. The van der Waals surface area contributed by atoms with Gasteiger partial charge in [-0.3, -0.25) is 14.4 Å². The molecule has 0 bridgehead atoms. The third-order valence-corrected chi connectivity index (χ3v) is 5.22. The van der Waals surface area contributed by atoms with Crippen LogP contribution in [0.2, 0.25) is 10.0 Å². The second-order valence-corrected chi connectivity index (χ2v) is 7.24. The first kappa shape index (κ1) is 20.2. The van der Waals surface area contributed by atoms with Crippen LogP contribution < -0.4 is 10.2 Å². The number of anilines is 2. The van der Waals surface area contributed by atoms with Gasteiger partial charge in [-0.25, -0.2) is 0 Å². The first-order chi connectivity index (χ1) is 13.4. The molecule has 0 aromatic heterocycles. The third kappa shape index (κ3) is 4.46. The van der Waals surface area contributed by atoms with Gasteiger partial charge in [-0.05, 0) is 36.8 Å². The highest BCUT2D eigenvalue weighted by molar-refractivity contribution is 6.34. The van der Waals surface area contributed by atoms with E-state index in [9.17, 15) is 14.4 Å². The number of hydrogen-bond donors (Lipinski definition) is 1. The minimum atomic E-state index is -0.649. The van der Waals surface area contributed by atoms with Crippen molar-refractivity contribution in [1.29, 1.82) is 0 Å². The van der Waals surface area contributed by atoms with Gasteiger partial charge < -0.3 is 15.0 Å². The summed E-state index contributed by atoms with van der Waals surface area (Å²) in [5, 5.41) is 3.61. The molecule has 8 heteroatoms. The molecule has 0 spiro atoms. The third-order valence-electron chi connectivity index (χ3n) is 4.49. The van der Waals surface area contributed by atoms with Crippen LogP contribution in [0.4, 0.5) is 11.4 Å². The van der Waals surface area contributed by atoms with Gasteiger partial charge in [0.2, 0.25) is 5.91 Å². The fourth-order valence-electron chi connectivity index (χ4n) is 2.95. The molecule has 1 fully saturated rings. The number of esters is 1. The zero-order valence-corrected chi connectivity index (χ0v) is 16.6. The van der Waals surface area contributed by atoms with Gasteiger partial charge in [0.15, 0.2) is 6.61 Å². The number of nitrogens with zero attached hydrogens (tertiary/aromatic N) is 1. The smallest absolute Gasteiger partial charge is 0.311 e. The Morgan fingerprint density at radius 2 is 1.86 bits per heavy atom. The lowest BCUT2D eigenvalue weighted by Crippen LogP contribution is -2.28. The quantitative estimate of drug-likeness (QED) is 0.745. The van der Waals surface area contributed by atoms with Crippen LogP contribution >= 0.6 is 23.2 Å². The number of para-hydroxylation sites is 1. The van der Waals surface area contributed by atoms with Gasteiger partial charge in [-0.2, -0.15) is 0 Å². The highest BCUT2D eigenvalue weighted by Gasteiger charge is 2.37. The van der Waals surface area contributed by atoms with Crippen molar-refractivity contribution in [1.82, 2.24) is 0 Å². The van der Waals surface area contributed by atoms with E-state index < -0.39 is 24.4 Å². The van der Waals surface area contributed by atoms with Gasteiger partial charge in [0.25, 0.3) is 5.91 Å². The summed E-state index contributed by atoms with van der Waals surface area (Å²) >= 11 is 12.1. The molecule has 2 aromatic carbocycles. The number of nitrogens with one attached hydrogen (secondary N) is 1. The molecule has 28 heavy (non-hydrogen) atoms. The number of halogens is 2. The highest BCUT2D eigenvalue weighted by Crippen LogP contribution is 2.31. The summed E-state index contributed by atoms with van der Waals surface area (Å²) in [6.45, 7) is 1.50. The van der Waals surface area contributed by atoms with Gasteiger partial charge in [0.05, 0.1) is 16.6 Å². The molecule has 2 aromatic rings. The van der Waals surface area contributed by atoms with Crippen LogP contribution in [0.3, 0.4) is 0 Å². The first-order valence-corrected chi connectivity index (χ1v) is 9.39. The molecule has 0 unspecified atom stereocenters. The first-order valence-electron chi connectivity index (χ1n) is 8.63. The number of carbonyl (C=O) groups excluding carboxylic acids is 3. The molecule has 1 saturated heterocycles. The Kier molecular flexibility index (Phi) is 6.21. The average molecular weight is 421 g/mol. The van der Waals surface area contributed by atoms with Crippen LogP contribution in [0.1, 0.15) is 12.0 Å². The van der Waals surface area contributed by atoms with Crippen molar-refractivity contribution in [2.45, 2.75) is 13.3 Å². The average Bonchev–Trinajstić information content (AvgIpc) is 3.05. The zero-order chi connectivity index (χ0) is 20.3. The lowest BCUT2D eigenvalue weighted by molar-refractivity contribution is -0.151. The van der Waals surface area contributed by atoms with Gasteiger partial charge >= 0.3 is 5.97 Å². The Bertz CT molecular complexity index is 932. The van der Waals surface area contributed by atoms with E-state index in [1.54, 1.807) is 49.4 Å². The standard InChI is InChI=1S/C20H18Cl2N2O4/c1-12-14(21)6-4-7-16(12)23-18(25)11-28-20(27)13-9-19(26)24(10-13)17-8-3-2-5-15(17)22/h2-8,13H,9-11H2,1H3,(H,23,25)/t13-/m1/s1. The maximum atomic E-state index is 12.3. The summed E-state index contributed by atoms with van der Waals surface area (Å²) < 4.78 is 5.10. The van der Waals surface area contributed by atoms with E-state index in [-0.39, 0.29) is 18.9 Å². The van der Waals surface area contributed by atoms with E-state index in [4.69, 9.17) is 27.9 Å². The second kappa shape index (κ2) is 8.63. The van der Waals surface area contributed by atoms with Gasteiger partial charge in [0.1, 0.15) is 0 Å². The molecule has 1 aliphatic rings. The van der Waals surface area contributed by atoms with E-state index in [0.717, 1.165) is 5.56 Å². The van der Waals surface area contributed by atoms with Crippen LogP contribution in [0.15, 0.2) is 42.5 Å². The molecular weight excluding hydrogens is 403 g/mol. The van der Waals surface area contributed by atoms with Gasteiger partial charge in [0, 0.05) is 23.7 Å². The fourth-order valence-corrected chi connectivity index (χ4v) is 3.36. The maximum absolute atomic E-state index is 12.3. The van der Waals surface area contributed by atoms with Crippen molar-refractivity contribution >= 4 is 52.4 Å². The van der Waals surface area contributed by atoms with Crippen molar-refractivity contribution in [3.05, 3.63) is 58.1 Å². The van der Waals surface area contributed by atoms with Crippen LogP contribution in [0, 0.1) is 12.8 Å². The number of hydrogen-bond acceptors (Lipinski definition) is 4. The lowest BCUT2D eigenvalue weighted by Gasteiger charge is -2.17. The van der Waals surface area contributed by atoms with E-state index in [1.165, 1.54) is 4.90 Å². The Labute approximate surface area is 172 Å². The lowest BCUT2D eigenvalue weighted by atomic mass is 10.1. The Morgan fingerprint density at radius 3 is 2.61 bits per heavy atom. The molecule has 1 heterocycles. The molecule has 0 radical (unpaired) electrons. The number of amides is 2. The van der Waals surface area contributed by atoms with E-state index in [2.05, 4.69) is 5.32 Å². The monoisotopic (exact) mass is 420 g/mol. The SMILES string of the molecule is Cc1c(Cl)cccc1NC(=O)COC(=O)[C@@H]1CC(=O)N(c2ccccc2Cl)C1. The van der Waals surface area contributed by atoms with Crippen molar-refractivity contribution in [2.75, 3.05) is 23.4 Å². The number of ether oxygens (including phenoxy) is 1. The van der Waals surface area contributed by atoms with Gasteiger partial charge in [-0.1, -0.05) is 41.4 Å². The molecule has 1 N–H and O–H groups in total. The van der Waals surface area contributed by atoms with E-state index in [1.807, 2.05) is 0 Å². The topological polar surface area (TPSA) is 75.7 Å². The van der Waals surface area contributed by atoms with Crippen molar-refractivity contribution in [2.24, 2.45) is 5.92 Å². The van der Waals surface area contributed by atoms with Crippen molar-refractivity contribution in [3.63, 3.8) is 0 Å². The molecule has 1 atom stereocenters. The highest BCUT2D eigenvalue weighted by atomic mass is 35.5. The van der Waals surface area contributed by atoms with Gasteiger partial charge in [-0.15, -0.1) is 0 Å². The molecule has 0 aliphatic carbocycles. The molecule has 0 saturated carbocycles. The molecule has 1 aliphatic heterocycles. The summed E-state index contributed by atoms with van der Waals surface area (Å²) in [4.78, 5) is 38.1. The van der Waals surface area contributed by atoms with Crippen LogP contribution in [-0.2, 0) is 19.1 Å². The zero-order valence-electron chi connectivity index (χ0n) is 15.1. The number of carbonyl (C=O) groups is 3. The largest absolute Gasteiger partial charge is 0.455 e.